The zero-order valence-electron chi connectivity index (χ0n) is 12.1. The van der Waals surface area contributed by atoms with Crippen LogP contribution in [0.4, 0.5) is 13.2 Å². The smallest absolute Gasteiger partial charge is 0.170 e. The highest BCUT2D eigenvalue weighted by atomic mass is 79.9. The van der Waals surface area contributed by atoms with Crippen LogP contribution in [0.1, 0.15) is 32.3 Å². The molecule has 0 spiro atoms. The predicted octanol–water partition coefficient (Wildman–Crippen LogP) is 6.14. The van der Waals surface area contributed by atoms with Gasteiger partial charge in [-0.15, -0.1) is 0 Å². The average Bonchev–Trinajstić information content (AvgIpc) is 2.38. The van der Waals surface area contributed by atoms with Gasteiger partial charge in [-0.2, -0.15) is 13.2 Å². The lowest BCUT2D eigenvalue weighted by molar-refractivity contribution is -0.206. The highest BCUT2D eigenvalue weighted by Crippen LogP contribution is 2.52. The van der Waals surface area contributed by atoms with Gasteiger partial charge < -0.3 is 0 Å². The molecule has 114 valence electrons. The van der Waals surface area contributed by atoms with Crippen molar-refractivity contribution in [3.63, 3.8) is 0 Å². The summed E-state index contributed by atoms with van der Waals surface area (Å²) in [6, 6.07) is 9.62. The van der Waals surface area contributed by atoms with E-state index in [0.29, 0.717) is 10.9 Å². The van der Waals surface area contributed by atoms with Gasteiger partial charge in [-0.05, 0) is 43.4 Å². The molecule has 0 aromatic heterocycles. The number of rotatable bonds is 3. The summed E-state index contributed by atoms with van der Waals surface area (Å²) < 4.78 is 40.7. The van der Waals surface area contributed by atoms with E-state index in [1.807, 2.05) is 37.3 Å². The monoisotopic (exact) mass is 358 g/mol. The molecule has 1 atom stereocenters. The lowest BCUT2D eigenvalue weighted by Gasteiger charge is -2.38. The van der Waals surface area contributed by atoms with E-state index in [2.05, 4.69) is 15.9 Å². The maximum Gasteiger partial charge on any atom is 0.398 e. The van der Waals surface area contributed by atoms with Crippen molar-refractivity contribution >= 4 is 21.5 Å². The van der Waals surface area contributed by atoms with Gasteiger partial charge in [0.05, 0.1) is 5.41 Å². The first-order valence-corrected chi connectivity index (χ1v) is 8.00. The first kappa shape index (κ1) is 16.3. The minimum Gasteiger partial charge on any atom is -0.170 e. The first-order chi connectivity index (χ1) is 9.81. The Hall–Kier alpha value is -1.03. The first-order valence-electron chi connectivity index (χ1n) is 6.88. The number of allylic oxidation sites excluding steroid dienone is 4. The molecule has 1 aliphatic rings. The molecule has 0 saturated heterocycles. The summed E-state index contributed by atoms with van der Waals surface area (Å²) in [6.07, 6.45) is -2.72. The summed E-state index contributed by atoms with van der Waals surface area (Å²) in [5.41, 5.74) is 1.70. The zero-order chi connectivity index (χ0) is 15.7. The standard InChI is InChI=1S/C17H18BrF3/c1-12-10-16(8-9-18,17(19,20)21)11-13(2)15(12)14-6-4-3-5-7-14/h3-7,10H,8-9,11H2,1-2H3. The normalized spacial score (nSPS) is 23.2. The molecule has 0 nitrogen and oxygen atoms in total. The second-order valence-electron chi connectivity index (χ2n) is 5.62. The Morgan fingerprint density at radius 2 is 1.76 bits per heavy atom. The van der Waals surface area contributed by atoms with Gasteiger partial charge in [-0.1, -0.05) is 57.9 Å². The van der Waals surface area contributed by atoms with E-state index in [0.717, 1.165) is 16.7 Å². The quantitative estimate of drug-likeness (QED) is 0.569. The molecule has 1 aliphatic carbocycles. The van der Waals surface area contributed by atoms with Crippen molar-refractivity contribution in [3.8, 4) is 0 Å². The van der Waals surface area contributed by atoms with E-state index in [1.54, 1.807) is 6.92 Å². The maximum atomic E-state index is 13.6. The van der Waals surface area contributed by atoms with Crippen LogP contribution in [0.2, 0.25) is 0 Å². The third-order valence-corrected chi connectivity index (χ3v) is 4.46. The van der Waals surface area contributed by atoms with Gasteiger partial charge in [0.2, 0.25) is 0 Å². The molecular weight excluding hydrogens is 341 g/mol. The predicted molar refractivity (Wildman–Crippen MR) is 84.3 cm³/mol. The maximum absolute atomic E-state index is 13.6. The molecule has 0 N–H and O–H groups in total. The Morgan fingerprint density at radius 1 is 1.14 bits per heavy atom. The lowest BCUT2D eigenvalue weighted by atomic mass is 9.71. The third-order valence-electron chi connectivity index (χ3n) is 4.06. The van der Waals surface area contributed by atoms with E-state index in [9.17, 15) is 13.2 Å². The summed E-state index contributed by atoms with van der Waals surface area (Å²) in [6.45, 7) is 3.59. The van der Waals surface area contributed by atoms with Crippen LogP contribution in [-0.2, 0) is 0 Å². The van der Waals surface area contributed by atoms with Crippen molar-refractivity contribution in [2.75, 3.05) is 5.33 Å². The van der Waals surface area contributed by atoms with E-state index in [4.69, 9.17) is 0 Å². The molecule has 0 bridgehead atoms. The highest BCUT2D eigenvalue weighted by Gasteiger charge is 2.53. The largest absolute Gasteiger partial charge is 0.398 e. The molecular formula is C17H18BrF3. The Kier molecular flexibility index (Phi) is 4.66. The molecule has 0 saturated carbocycles. The van der Waals surface area contributed by atoms with Crippen molar-refractivity contribution in [3.05, 3.63) is 53.1 Å². The Morgan fingerprint density at radius 3 is 2.24 bits per heavy atom. The van der Waals surface area contributed by atoms with E-state index in [1.165, 1.54) is 6.08 Å². The number of hydrogen-bond donors (Lipinski definition) is 0. The van der Waals surface area contributed by atoms with E-state index in [-0.39, 0.29) is 12.8 Å². The summed E-state index contributed by atoms with van der Waals surface area (Å²) in [5.74, 6) is 0. The topological polar surface area (TPSA) is 0 Å². The van der Waals surface area contributed by atoms with Gasteiger partial charge in [-0.3, -0.25) is 0 Å². The molecule has 0 amide bonds. The van der Waals surface area contributed by atoms with Gasteiger partial charge in [0.1, 0.15) is 0 Å². The van der Waals surface area contributed by atoms with Gasteiger partial charge in [0.25, 0.3) is 0 Å². The Bertz CT molecular complexity index is 569. The van der Waals surface area contributed by atoms with Gasteiger partial charge in [0, 0.05) is 5.33 Å². The Labute approximate surface area is 131 Å². The molecule has 0 heterocycles. The van der Waals surface area contributed by atoms with Gasteiger partial charge in [0.15, 0.2) is 0 Å². The van der Waals surface area contributed by atoms with E-state index >= 15 is 0 Å². The SMILES string of the molecule is CC1=CC(CCBr)(C(F)(F)F)CC(C)=C1c1ccccc1. The minimum atomic E-state index is -4.23. The molecule has 1 unspecified atom stereocenters. The second-order valence-corrected chi connectivity index (χ2v) is 6.41. The Balaban J connectivity index is 2.49. The van der Waals surface area contributed by atoms with Crippen LogP contribution >= 0.6 is 15.9 Å². The van der Waals surface area contributed by atoms with Crippen LogP contribution < -0.4 is 0 Å². The van der Waals surface area contributed by atoms with E-state index < -0.39 is 11.6 Å². The molecule has 0 aliphatic heterocycles. The fraction of sp³-hybridized carbons (Fsp3) is 0.412. The van der Waals surface area contributed by atoms with Crippen molar-refractivity contribution < 1.29 is 13.2 Å². The molecule has 1 aromatic rings. The van der Waals surface area contributed by atoms with Crippen LogP contribution in [0.5, 0.6) is 0 Å². The highest BCUT2D eigenvalue weighted by molar-refractivity contribution is 9.09. The average molecular weight is 359 g/mol. The van der Waals surface area contributed by atoms with Crippen LogP contribution in [0, 0.1) is 5.41 Å². The molecule has 21 heavy (non-hydrogen) atoms. The summed E-state index contributed by atoms with van der Waals surface area (Å²) in [5, 5.41) is 0.338. The number of alkyl halides is 4. The van der Waals surface area contributed by atoms with Crippen LogP contribution in [0.3, 0.4) is 0 Å². The summed E-state index contributed by atoms with van der Waals surface area (Å²) in [4.78, 5) is 0. The van der Waals surface area contributed by atoms with Crippen molar-refractivity contribution in [2.45, 2.75) is 32.9 Å². The summed E-state index contributed by atoms with van der Waals surface area (Å²) in [7, 11) is 0. The molecule has 0 radical (unpaired) electrons. The van der Waals surface area contributed by atoms with Crippen LogP contribution in [-0.4, -0.2) is 11.5 Å². The molecule has 4 heteroatoms. The second kappa shape index (κ2) is 5.99. The van der Waals surface area contributed by atoms with Crippen molar-refractivity contribution in [2.24, 2.45) is 5.41 Å². The lowest BCUT2D eigenvalue weighted by Crippen LogP contribution is -2.38. The van der Waals surface area contributed by atoms with Crippen molar-refractivity contribution in [1.29, 1.82) is 0 Å². The fourth-order valence-corrected chi connectivity index (χ4v) is 3.88. The van der Waals surface area contributed by atoms with Gasteiger partial charge in [-0.25, -0.2) is 0 Å². The van der Waals surface area contributed by atoms with Gasteiger partial charge >= 0.3 is 6.18 Å². The van der Waals surface area contributed by atoms with Crippen molar-refractivity contribution in [1.82, 2.24) is 0 Å². The minimum absolute atomic E-state index is 0.0314. The zero-order valence-corrected chi connectivity index (χ0v) is 13.7. The van der Waals surface area contributed by atoms with Crippen LogP contribution in [0.25, 0.3) is 5.57 Å². The fourth-order valence-electron chi connectivity index (χ4n) is 3.17. The third kappa shape index (κ3) is 3.10. The number of benzene rings is 1. The summed E-state index contributed by atoms with van der Waals surface area (Å²) >= 11 is 3.17. The van der Waals surface area contributed by atoms with Crippen LogP contribution in [0.15, 0.2) is 47.6 Å². The molecule has 0 fully saturated rings. The molecule has 1 aromatic carbocycles. The number of halogens is 4. The molecule has 2 rings (SSSR count). The number of hydrogen-bond acceptors (Lipinski definition) is 0.